The largest absolute Gasteiger partial charge is 0.497 e. The topological polar surface area (TPSA) is 95.9 Å². The summed E-state index contributed by atoms with van der Waals surface area (Å²) in [6, 6.07) is 21.4. The van der Waals surface area contributed by atoms with E-state index >= 15 is 0 Å². The molecule has 2 aliphatic rings. The van der Waals surface area contributed by atoms with E-state index < -0.39 is 17.9 Å². The molecule has 5 rings (SSSR count). The minimum Gasteiger partial charge on any atom is -0.497 e. The minimum atomic E-state index is -1.06. The number of hydrogen-bond donors (Lipinski definition) is 2. The Labute approximate surface area is 225 Å². The van der Waals surface area contributed by atoms with Gasteiger partial charge in [-0.05, 0) is 53.8 Å². The highest BCUT2D eigenvalue weighted by molar-refractivity contribution is 6.31. The van der Waals surface area contributed by atoms with E-state index in [9.17, 15) is 19.5 Å². The normalized spacial score (nSPS) is 18.7. The second-order valence-electron chi connectivity index (χ2n) is 9.42. The lowest BCUT2D eigenvalue weighted by atomic mass is 9.78. The van der Waals surface area contributed by atoms with Gasteiger partial charge >= 0.3 is 5.97 Å². The average Bonchev–Trinajstić information content (AvgIpc) is 3.06. The highest BCUT2D eigenvalue weighted by Crippen LogP contribution is 2.48. The first-order valence-corrected chi connectivity index (χ1v) is 12.8. The number of nitrogens with zero attached hydrogens (tertiary/aromatic N) is 1. The molecule has 1 amide bonds. The van der Waals surface area contributed by atoms with Crippen molar-refractivity contribution in [2.45, 2.75) is 37.6 Å². The van der Waals surface area contributed by atoms with Gasteiger partial charge in [0.1, 0.15) is 5.75 Å². The smallest absolute Gasteiger partial charge is 0.303 e. The highest BCUT2D eigenvalue weighted by atomic mass is 35.5. The van der Waals surface area contributed by atoms with Crippen molar-refractivity contribution in [3.8, 4) is 5.75 Å². The van der Waals surface area contributed by atoms with Crippen molar-refractivity contribution in [2.75, 3.05) is 17.3 Å². The van der Waals surface area contributed by atoms with E-state index in [-0.39, 0.29) is 31.0 Å². The monoisotopic (exact) mass is 530 g/mol. The van der Waals surface area contributed by atoms with Crippen LogP contribution in [0.25, 0.3) is 0 Å². The van der Waals surface area contributed by atoms with Gasteiger partial charge in [0.2, 0.25) is 5.91 Å². The third-order valence-corrected chi connectivity index (χ3v) is 7.44. The van der Waals surface area contributed by atoms with E-state index in [0.717, 1.165) is 17.0 Å². The van der Waals surface area contributed by atoms with Crippen LogP contribution in [0.1, 0.15) is 48.8 Å². The molecule has 0 fully saturated rings. The molecule has 0 spiro atoms. The number of halogens is 1. The van der Waals surface area contributed by atoms with E-state index in [1.54, 1.807) is 30.2 Å². The van der Waals surface area contributed by atoms with Crippen molar-refractivity contribution in [3.63, 3.8) is 0 Å². The molecule has 0 saturated carbocycles. The molecule has 0 bridgehead atoms. The summed E-state index contributed by atoms with van der Waals surface area (Å²) in [7, 11) is 1.61. The summed E-state index contributed by atoms with van der Waals surface area (Å²) in [5.41, 5.74) is 4.07. The Kier molecular flexibility index (Phi) is 7.20. The summed E-state index contributed by atoms with van der Waals surface area (Å²) in [5.74, 6) is -0.872. The zero-order valence-electron chi connectivity index (χ0n) is 20.8. The Bertz CT molecular complexity index is 1430. The molecule has 3 aromatic rings. The number of carbonyl (C=O) groups excluding carboxylic acids is 2. The molecular formula is C30H27ClN2O5. The van der Waals surface area contributed by atoms with E-state index in [2.05, 4.69) is 5.32 Å². The van der Waals surface area contributed by atoms with Gasteiger partial charge in [-0.3, -0.25) is 19.3 Å². The number of methoxy groups -OCH3 is 1. The molecule has 7 nitrogen and oxygen atoms in total. The van der Waals surface area contributed by atoms with Crippen molar-refractivity contribution in [3.05, 3.63) is 100 Å². The molecule has 194 valence electrons. The Morgan fingerprint density at radius 3 is 2.42 bits per heavy atom. The van der Waals surface area contributed by atoms with Gasteiger partial charge in [0, 0.05) is 29.1 Å². The van der Waals surface area contributed by atoms with E-state index in [0.29, 0.717) is 34.0 Å². The molecule has 0 unspecified atom stereocenters. The number of rotatable bonds is 6. The maximum atomic E-state index is 14.0. The molecule has 0 saturated heterocycles. The van der Waals surface area contributed by atoms with Crippen molar-refractivity contribution in [2.24, 2.45) is 0 Å². The van der Waals surface area contributed by atoms with Gasteiger partial charge in [-0.2, -0.15) is 0 Å². The second-order valence-corrected chi connectivity index (χ2v) is 9.82. The van der Waals surface area contributed by atoms with Crippen LogP contribution in [0.2, 0.25) is 5.02 Å². The molecule has 38 heavy (non-hydrogen) atoms. The van der Waals surface area contributed by atoms with Crippen molar-refractivity contribution >= 4 is 40.6 Å². The Balaban J connectivity index is 1.67. The Hall–Kier alpha value is -4.10. The van der Waals surface area contributed by atoms with Crippen LogP contribution in [-0.2, 0) is 14.4 Å². The summed E-state index contributed by atoms with van der Waals surface area (Å²) in [6.07, 6.45) is 0.288. The number of anilines is 2. The summed E-state index contributed by atoms with van der Waals surface area (Å²) >= 11 is 6.67. The number of carboxylic acid groups (broad SMARTS) is 1. The van der Waals surface area contributed by atoms with Gasteiger partial charge in [-0.1, -0.05) is 54.1 Å². The standard InChI is InChI=1S/C30H27ClN2O5/c1-38-20-12-10-18(11-13-20)19-16-24-29(26(34)17-19)30(21-6-2-3-7-22(21)31)33(27(35)14-15-28(36)37)25-9-5-4-8-23(25)32-24/h2-13,19,30,32H,14-17H2,1H3,(H,36,37)/t19-,30-/m1/s1. The lowest BCUT2D eigenvalue weighted by Gasteiger charge is -2.35. The first kappa shape index (κ1) is 25.5. The molecule has 0 radical (unpaired) electrons. The molecule has 3 aromatic carbocycles. The van der Waals surface area contributed by atoms with Gasteiger partial charge in [0.15, 0.2) is 5.78 Å². The number of nitrogens with one attached hydrogen (secondary N) is 1. The summed E-state index contributed by atoms with van der Waals surface area (Å²) in [5, 5.41) is 13.1. The first-order chi connectivity index (χ1) is 18.4. The summed E-state index contributed by atoms with van der Waals surface area (Å²) in [4.78, 5) is 40.5. The zero-order chi connectivity index (χ0) is 26.8. The van der Waals surface area contributed by atoms with Gasteiger partial charge in [-0.15, -0.1) is 0 Å². The molecule has 1 aliphatic heterocycles. The average molecular weight is 531 g/mol. The summed E-state index contributed by atoms with van der Waals surface area (Å²) < 4.78 is 5.29. The number of aliphatic carboxylic acids is 1. The third kappa shape index (κ3) is 4.89. The van der Waals surface area contributed by atoms with Crippen molar-refractivity contribution < 1.29 is 24.2 Å². The SMILES string of the molecule is COc1ccc([C@H]2CC(=O)C3=C(C2)Nc2ccccc2N(C(=O)CCC(=O)O)[C@@H]3c2ccccc2Cl)cc1. The number of Topliss-reactive ketones (excluding diaryl/α,β-unsaturated/α-hetero) is 1. The Morgan fingerprint density at radius 1 is 1.00 bits per heavy atom. The fourth-order valence-electron chi connectivity index (χ4n) is 5.30. The minimum absolute atomic E-state index is 0.0621. The molecule has 0 aromatic heterocycles. The van der Waals surface area contributed by atoms with Crippen molar-refractivity contribution in [1.29, 1.82) is 0 Å². The fraction of sp³-hybridized carbons (Fsp3) is 0.233. The number of fused-ring (bicyclic) bond motifs is 1. The third-order valence-electron chi connectivity index (χ3n) is 7.10. The van der Waals surface area contributed by atoms with Gasteiger partial charge in [0.25, 0.3) is 0 Å². The van der Waals surface area contributed by atoms with Crippen LogP contribution in [0.15, 0.2) is 84.1 Å². The van der Waals surface area contributed by atoms with E-state index in [1.807, 2.05) is 54.6 Å². The first-order valence-electron chi connectivity index (χ1n) is 12.4. The number of carboxylic acids is 1. The Morgan fingerprint density at radius 2 is 1.71 bits per heavy atom. The van der Waals surface area contributed by atoms with Crippen LogP contribution >= 0.6 is 11.6 Å². The van der Waals surface area contributed by atoms with Gasteiger partial charge in [-0.25, -0.2) is 0 Å². The number of ketones is 1. The van der Waals surface area contributed by atoms with E-state index in [4.69, 9.17) is 16.3 Å². The van der Waals surface area contributed by atoms with E-state index in [1.165, 1.54) is 0 Å². The maximum absolute atomic E-state index is 14.0. The number of allylic oxidation sites excluding steroid dienone is 1. The number of carbonyl (C=O) groups is 3. The molecular weight excluding hydrogens is 504 g/mol. The van der Waals surface area contributed by atoms with Crippen LogP contribution in [0, 0.1) is 0 Å². The van der Waals surface area contributed by atoms with Crippen LogP contribution < -0.4 is 15.0 Å². The van der Waals surface area contributed by atoms with Crippen LogP contribution in [0.4, 0.5) is 11.4 Å². The highest BCUT2D eigenvalue weighted by Gasteiger charge is 2.42. The molecule has 2 atom stereocenters. The number of benzene rings is 3. The maximum Gasteiger partial charge on any atom is 0.303 e. The van der Waals surface area contributed by atoms with Crippen molar-refractivity contribution in [1.82, 2.24) is 0 Å². The fourth-order valence-corrected chi connectivity index (χ4v) is 5.54. The number of para-hydroxylation sites is 2. The second kappa shape index (κ2) is 10.7. The quantitative estimate of drug-likeness (QED) is 0.399. The lowest BCUT2D eigenvalue weighted by Crippen LogP contribution is -2.38. The molecule has 2 N–H and O–H groups in total. The lowest BCUT2D eigenvalue weighted by molar-refractivity contribution is -0.138. The van der Waals surface area contributed by atoms with Crippen LogP contribution in [0.5, 0.6) is 5.75 Å². The number of amides is 1. The summed E-state index contributed by atoms with van der Waals surface area (Å²) in [6.45, 7) is 0. The number of hydrogen-bond acceptors (Lipinski definition) is 5. The van der Waals surface area contributed by atoms with Gasteiger partial charge < -0.3 is 15.2 Å². The number of ether oxygens (including phenoxy) is 1. The van der Waals surface area contributed by atoms with Gasteiger partial charge in [0.05, 0.1) is 30.9 Å². The predicted molar refractivity (Wildman–Crippen MR) is 146 cm³/mol. The van der Waals surface area contributed by atoms with Crippen LogP contribution in [-0.4, -0.2) is 29.9 Å². The predicted octanol–water partition coefficient (Wildman–Crippen LogP) is 6.11. The van der Waals surface area contributed by atoms with Crippen LogP contribution in [0.3, 0.4) is 0 Å². The molecule has 1 aliphatic carbocycles. The molecule has 1 heterocycles. The zero-order valence-corrected chi connectivity index (χ0v) is 21.6. The molecule has 8 heteroatoms.